The van der Waals surface area contributed by atoms with Gasteiger partial charge in [-0.3, -0.25) is 23.7 Å². The Morgan fingerprint density at radius 3 is 2.09 bits per heavy atom. The summed E-state index contributed by atoms with van der Waals surface area (Å²) in [6.07, 6.45) is 0. The highest BCUT2D eigenvalue weighted by molar-refractivity contribution is 8.00. The van der Waals surface area contributed by atoms with E-state index in [2.05, 4.69) is 24.1 Å². The third-order valence-corrected chi connectivity index (χ3v) is 11.1. The molecule has 1 fully saturated rings. The molecule has 0 radical (unpaired) electrons. The lowest BCUT2D eigenvalue weighted by Gasteiger charge is -2.31. The van der Waals surface area contributed by atoms with E-state index < -0.39 is 23.0 Å². The highest BCUT2D eigenvalue weighted by Gasteiger charge is 2.56. The Hall–Kier alpha value is -3.57. The van der Waals surface area contributed by atoms with Gasteiger partial charge in [-0.15, -0.1) is 0 Å². The fourth-order valence-corrected chi connectivity index (χ4v) is 8.84. The Bertz CT molecular complexity index is 1780. The van der Waals surface area contributed by atoms with Crippen molar-refractivity contribution < 1.29 is 14.4 Å². The fraction of sp³-hybridized carbons (Fsp3) is 0.250. The molecule has 1 N–H and O–H groups in total. The standard InChI is InChI=1S/C32H28Cl2N4O4S2/c1-3-36(4-2)22-13-5-18(6-14-22)25-26-27(30(41)38(29(26)40)23-15-9-20(34)10-16-23)43-31-28(25)44-32(42)37(31)17-24(39)35-21-11-7-19(33)8-12-21/h5-16,25-27H,3-4,17H2,1-2H3,(H,35,39)/t25-,26?,27?/m1/s1. The number of hydrogen-bond acceptors (Lipinski definition) is 7. The molecule has 3 atom stereocenters. The quantitative estimate of drug-likeness (QED) is 0.216. The normalized spacial score (nSPS) is 19.1. The van der Waals surface area contributed by atoms with Gasteiger partial charge in [-0.05, 0) is 80.1 Å². The molecular formula is C32H28Cl2N4O4S2. The van der Waals surface area contributed by atoms with Crippen LogP contribution in [0.5, 0.6) is 0 Å². The number of fused-ring (bicyclic) bond motifs is 2. The summed E-state index contributed by atoms with van der Waals surface area (Å²) in [5, 5.41) is 3.59. The number of aromatic nitrogens is 1. The number of rotatable bonds is 8. The van der Waals surface area contributed by atoms with Crippen molar-refractivity contribution in [1.29, 1.82) is 0 Å². The summed E-state index contributed by atoms with van der Waals surface area (Å²) < 4.78 is 1.41. The highest BCUT2D eigenvalue weighted by atomic mass is 35.5. The largest absolute Gasteiger partial charge is 0.372 e. The van der Waals surface area contributed by atoms with E-state index in [4.69, 9.17) is 23.2 Å². The lowest BCUT2D eigenvalue weighted by atomic mass is 9.83. The average Bonchev–Trinajstić information content (AvgIpc) is 3.46. The maximum Gasteiger partial charge on any atom is 0.308 e. The van der Waals surface area contributed by atoms with Gasteiger partial charge in [0.25, 0.3) is 0 Å². The molecule has 226 valence electrons. The van der Waals surface area contributed by atoms with Gasteiger partial charge < -0.3 is 10.2 Å². The molecule has 3 aromatic carbocycles. The molecule has 8 nitrogen and oxygen atoms in total. The number of nitrogens with zero attached hydrogens (tertiary/aromatic N) is 3. The summed E-state index contributed by atoms with van der Waals surface area (Å²) >= 11 is 14.3. The third kappa shape index (κ3) is 5.56. The number of carbonyl (C=O) groups is 3. The molecule has 2 aliphatic heterocycles. The first-order chi connectivity index (χ1) is 21.2. The number of benzene rings is 3. The lowest BCUT2D eigenvalue weighted by Crippen LogP contribution is -2.33. The van der Waals surface area contributed by atoms with Gasteiger partial charge in [-0.25, -0.2) is 4.90 Å². The molecule has 44 heavy (non-hydrogen) atoms. The van der Waals surface area contributed by atoms with Crippen molar-refractivity contribution in [2.45, 2.75) is 36.6 Å². The van der Waals surface area contributed by atoms with Crippen LogP contribution in [0.1, 0.15) is 30.2 Å². The van der Waals surface area contributed by atoms with Crippen LogP contribution in [0.3, 0.4) is 0 Å². The number of nitrogens with one attached hydrogen (secondary N) is 1. The van der Waals surface area contributed by atoms with Crippen LogP contribution >= 0.6 is 46.3 Å². The van der Waals surface area contributed by atoms with E-state index in [1.165, 1.54) is 21.2 Å². The van der Waals surface area contributed by atoms with Gasteiger partial charge in [0.1, 0.15) is 11.8 Å². The number of anilines is 3. The van der Waals surface area contributed by atoms with Gasteiger partial charge >= 0.3 is 4.87 Å². The van der Waals surface area contributed by atoms with Gasteiger partial charge in [0, 0.05) is 45.3 Å². The Kier molecular flexibility index (Phi) is 8.61. The SMILES string of the molecule is CCN(CC)c1ccc([C@H]2c3sc(=O)n(CC(=O)Nc4ccc(Cl)cc4)c3SC3C(=O)N(c4ccc(Cl)cc4)C(=O)C32)cc1. The van der Waals surface area contributed by atoms with E-state index in [0.717, 1.165) is 35.7 Å². The average molecular weight is 668 g/mol. The van der Waals surface area contributed by atoms with Gasteiger partial charge in [-0.1, -0.05) is 58.4 Å². The minimum absolute atomic E-state index is 0.242. The topological polar surface area (TPSA) is 91.7 Å². The number of hydrogen-bond donors (Lipinski definition) is 1. The second kappa shape index (κ2) is 12.4. The van der Waals surface area contributed by atoms with E-state index in [0.29, 0.717) is 31.3 Å². The van der Waals surface area contributed by atoms with Crippen LogP contribution in [-0.2, 0) is 20.9 Å². The maximum atomic E-state index is 14.1. The van der Waals surface area contributed by atoms with Crippen LogP contribution in [0.2, 0.25) is 10.0 Å². The molecule has 3 heterocycles. The van der Waals surface area contributed by atoms with E-state index in [-0.39, 0.29) is 23.2 Å². The van der Waals surface area contributed by atoms with Crippen LogP contribution in [0, 0.1) is 5.92 Å². The van der Waals surface area contributed by atoms with Gasteiger partial charge in [0.15, 0.2) is 0 Å². The van der Waals surface area contributed by atoms with Crippen molar-refractivity contribution in [3.63, 3.8) is 0 Å². The summed E-state index contributed by atoms with van der Waals surface area (Å²) in [6, 6.07) is 21.2. The first kappa shape index (κ1) is 30.5. The number of amides is 3. The van der Waals surface area contributed by atoms with Crippen LogP contribution in [0.15, 0.2) is 82.6 Å². The smallest absolute Gasteiger partial charge is 0.308 e. The van der Waals surface area contributed by atoms with Crippen molar-refractivity contribution >= 4 is 81.1 Å². The summed E-state index contributed by atoms with van der Waals surface area (Å²) in [6.45, 7) is 5.62. The first-order valence-electron chi connectivity index (χ1n) is 14.1. The summed E-state index contributed by atoms with van der Waals surface area (Å²) in [5.41, 5.74) is 2.86. The monoisotopic (exact) mass is 666 g/mol. The van der Waals surface area contributed by atoms with Crippen LogP contribution < -0.4 is 20.0 Å². The molecule has 4 aromatic rings. The molecule has 2 unspecified atom stereocenters. The molecule has 1 aromatic heterocycles. The van der Waals surface area contributed by atoms with Gasteiger partial charge in [-0.2, -0.15) is 0 Å². The van der Waals surface area contributed by atoms with E-state index in [1.807, 2.05) is 24.3 Å². The predicted octanol–water partition coefficient (Wildman–Crippen LogP) is 6.50. The van der Waals surface area contributed by atoms with E-state index in [9.17, 15) is 19.2 Å². The molecule has 0 bridgehead atoms. The molecule has 6 rings (SSSR count). The Morgan fingerprint density at radius 1 is 0.864 bits per heavy atom. The number of thioether (sulfide) groups is 1. The second-order valence-corrected chi connectivity index (χ2v) is 13.5. The number of halogens is 2. The third-order valence-electron chi connectivity index (χ3n) is 7.94. The van der Waals surface area contributed by atoms with Crippen molar-refractivity contribution in [3.05, 3.63) is 103 Å². The Morgan fingerprint density at radius 2 is 1.48 bits per heavy atom. The summed E-state index contributed by atoms with van der Waals surface area (Å²) in [7, 11) is 0. The highest BCUT2D eigenvalue weighted by Crippen LogP contribution is 2.54. The second-order valence-electron chi connectivity index (χ2n) is 10.5. The molecular weight excluding hydrogens is 639 g/mol. The van der Waals surface area contributed by atoms with Crippen molar-refractivity contribution in [2.75, 3.05) is 28.2 Å². The summed E-state index contributed by atoms with van der Waals surface area (Å²) in [5.74, 6) is -2.36. The first-order valence-corrected chi connectivity index (χ1v) is 16.6. The van der Waals surface area contributed by atoms with Crippen LogP contribution in [0.25, 0.3) is 0 Å². The molecule has 2 aliphatic rings. The van der Waals surface area contributed by atoms with Crippen molar-refractivity contribution in [1.82, 2.24) is 4.57 Å². The minimum atomic E-state index is -0.780. The molecule has 3 amide bonds. The molecule has 1 saturated heterocycles. The van der Waals surface area contributed by atoms with E-state index >= 15 is 0 Å². The Labute approximate surface area is 272 Å². The minimum Gasteiger partial charge on any atom is -0.372 e. The zero-order valence-electron chi connectivity index (χ0n) is 23.8. The molecule has 12 heteroatoms. The Balaban J connectivity index is 1.41. The lowest BCUT2D eigenvalue weighted by molar-refractivity contribution is -0.122. The molecule has 0 saturated carbocycles. The number of carbonyl (C=O) groups excluding carboxylic acids is 3. The van der Waals surface area contributed by atoms with Gasteiger partial charge in [0.05, 0.1) is 16.6 Å². The zero-order chi connectivity index (χ0) is 31.1. The zero-order valence-corrected chi connectivity index (χ0v) is 27.0. The maximum absolute atomic E-state index is 14.1. The molecule has 0 spiro atoms. The van der Waals surface area contributed by atoms with Crippen molar-refractivity contribution in [2.24, 2.45) is 5.92 Å². The number of thiazole rings is 1. The molecule has 0 aliphatic carbocycles. The van der Waals surface area contributed by atoms with Crippen LogP contribution in [-0.4, -0.2) is 40.6 Å². The predicted molar refractivity (Wildman–Crippen MR) is 178 cm³/mol. The van der Waals surface area contributed by atoms with E-state index in [1.54, 1.807) is 48.5 Å². The van der Waals surface area contributed by atoms with Crippen LogP contribution in [0.4, 0.5) is 17.1 Å². The number of imide groups is 1. The summed E-state index contributed by atoms with van der Waals surface area (Å²) in [4.78, 5) is 58.3. The van der Waals surface area contributed by atoms with Crippen molar-refractivity contribution in [3.8, 4) is 0 Å². The van der Waals surface area contributed by atoms with Gasteiger partial charge in [0.2, 0.25) is 17.7 Å². The fourth-order valence-electron chi connectivity index (χ4n) is 5.82.